The van der Waals surface area contributed by atoms with Crippen LogP contribution in [0.5, 0.6) is 11.5 Å². The predicted octanol–water partition coefficient (Wildman–Crippen LogP) is 5.88. The van der Waals surface area contributed by atoms with Crippen molar-refractivity contribution in [3.05, 3.63) is 65.2 Å². The van der Waals surface area contributed by atoms with Crippen molar-refractivity contribution < 1.29 is 24.2 Å². The third-order valence-electron chi connectivity index (χ3n) is 6.12. The van der Waals surface area contributed by atoms with Crippen molar-refractivity contribution in [1.82, 2.24) is 4.90 Å². The highest BCUT2D eigenvalue weighted by molar-refractivity contribution is 6.46. The number of para-hydroxylation sites is 1. The Balaban J connectivity index is 1.98. The molecule has 1 saturated heterocycles. The molecular formula is C28H35NO5. The van der Waals surface area contributed by atoms with Gasteiger partial charge in [-0.05, 0) is 43.2 Å². The van der Waals surface area contributed by atoms with Crippen LogP contribution >= 0.6 is 0 Å². The largest absolute Gasteiger partial charge is 0.507 e. The monoisotopic (exact) mass is 465 g/mol. The number of nitrogens with zero attached hydrogens (tertiary/aromatic N) is 1. The number of aliphatic hydroxyl groups excluding tert-OH is 1. The first kappa shape index (κ1) is 25.3. The number of unbranched alkanes of at least 4 members (excludes halogenated alkanes) is 4. The maximum absolute atomic E-state index is 13.1. The Labute approximate surface area is 202 Å². The number of aliphatic hydroxyl groups is 1. The average molecular weight is 466 g/mol. The smallest absolute Gasteiger partial charge is 0.295 e. The maximum Gasteiger partial charge on any atom is 0.295 e. The summed E-state index contributed by atoms with van der Waals surface area (Å²) in [5, 5.41) is 11.2. The first-order valence-corrected chi connectivity index (χ1v) is 12.2. The fourth-order valence-electron chi connectivity index (χ4n) is 4.27. The van der Waals surface area contributed by atoms with Gasteiger partial charge in [0.05, 0.1) is 25.3 Å². The number of ketones is 1. The van der Waals surface area contributed by atoms with Gasteiger partial charge in [0.25, 0.3) is 11.7 Å². The SMILES string of the molecule is CCCCCOc1ccc(/C(O)=C2/C(=O)C(=O)N(CCCCC)C2c2ccccc2OC)cc1. The number of methoxy groups -OCH3 is 1. The van der Waals surface area contributed by atoms with E-state index in [4.69, 9.17) is 9.47 Å². The Hall–Kier alpha value is -3.28. The zero-order valence-electron chi connectivity index (χ0n) is 20.4. The van der Waals surface area contributed by atoms with Crippen molar-refractivity contribution in [2.24, 2.45) is 0 Å². The topological polar surface area (TPSA) is 76.1 Å². The van der Waals surface area contributed by atoms with Crippen molar-refractivity contribution in [3.8, 4) is 11.5 Å². The van der Waals surface area contributed by atoms with E-state index in [-0.39, 0.29) is 11.3 Å². The molecule has 3 rings (SSSR count). The van der Waals surface area contributed by atoms with Crippen LogP contribution in [0.25, 0.3) is 5.76 Å². The van der Waals surface area contributed by atoms with E-state index in [9.17, 15) is 14.7 Å². The first-order valence-electron chi connectivity index (χ1n) is 12.2. The number of carbonyl (C=O) groups is 2. The van der Waals surface area contributed by atoms with E-state index in [1.807, 2.05) is 18.2 Å². The molecule has 0 aromatic heterocycles. The Morgan fingerprint density at radius 1 is 0.941 bits per heavy atom. The molecule has 34 heavy (non-hydrogen) atoms. The van der Waals surface area contributed by atoms with Gasteiger partial charge in [-0.2, -0.15) is 0 Å². The van der Waals surface area contributed by atoms with Crippen LogP contribution in [0.4, 0.5) is 0 Å². The van der Waals surface area contributed by atoms with E-state index in [2.05, 4.69) is 13.8 Å². The van der Waals surface area contributed by atoms with Gasteiger partial charge >= 0.3 is 0 Å². The summed E-state index contributed by atoms with van der Waals surface area (Å²) in [5.74, 6) is -0.190. The van der Waals surface area contributed by atoms with E-state index < -0.39 is 17.7 Å². The molecule has 1 unspecified atom stereocenters. The second-order valence-corrected chi connectivity index (χ2v) is 8.52. The minimum atomic E-state index is -0.710. The van der Waals surface area contributed by atoms with Crippen LogP contribution in [0.15, 0.2) is 54.1 Å². The third kappa shape index (κ3) is 5.61. The molecule has 0 spiro atoms. The second-order valence-electron chi connectivity index (χ2n) is 8.52. The number of ether oxygens (including phenoxy) is 2. The molecule has 1 aliphatic heterocycles. The number of carbonyl (C=O) groups excluding carboxylic acids is 2. The highest BCUT2D eigenvalue weighted by Gasteiger charge is 2.46. The molecule has 1 aliphatic rings. The number of hydrogen-bond acceptors (Lipinski definition) is 5. The van der Waals surface area contributed by atoms with Gasteiger partial charge in [-0.1, -0.05) is 57.7 Å². The Kier molecular flexibility index (Phi) is 9.14. The zero-order valence-corrected chi connectivity index (χ0v) is 20.4. The van der Waals surface area contributed by atoms with Crippen LogP contribution in [0.3, 0.4) is 0 Å². The summed E-state index contributed by atoms with van der Waals surface area (Å²) in [7, 11) is 1.56. The van der Waals surface area contributed by atoms with Crippen LogP contribution in [0.1, 0.15) is 69.5 Å². The molecular weight excluding hydrogens is 430 g/mol. The summed E-state index contributed by atoms with van der Waals surface area (Å²) < 4.78 is 11.3. The predicted molar refractivity (Wildman–Crippen MR) is 133 cm³/mol. The van der Waals surface area contributed by atoms with Crippen LogP contribution < -0.4 is 9.47 Å². The second kappa shape index (κ2) is 12.3. The lowest BCUT2D eigenvalue weighted by Gasteiger charge is -2.26. The quantitative estimate of drug-likeness (QED) is 0.183. The molecule has 6 nitrogen and oxygen atoms in total. The van der Waals surface area contributed by atoms with Crippen LogP contribution in [0, 0.1) is 0 Å². The minimum Gasteiger partial charge on any atom is -0.507 e. The normalized spacial score (nSPS) is 17.3. The van der Waals surface area contributed by atoms with Crippen molar-refractivity contribution in [2.75, 3.05) is 20.3 Å². The summed E-state index contributed by atoms with van der Waals surface area (Å²) >= 11 is 0. The highest BCUT2D eigenvalue weighted by atomic mass is 16.5. The molecule has 2 aromatic carbocycles. The highest BCUT2D eigenvalue weighted by Crippen LogP contribution is 2.42. The molecule has 1 heterocycles. The van der Waals surface area contributed by atoms with E-state index in [0.717, 1.165) is 38.5 Å². The van der Waals surface area contributed by atoms with E-state index in [0.29, 0.717) is 35.8 Å². The Bertz CT molecular complexity index is 1010. The summed E-state index contributed by atoms with van der Waals surface area (Å²) in [6.07, 6.45) is 5.94. The van der Waals surface area contributed by atoms with Gasteiger partial charge in [-0.3, -0.25) is 9.59 Å². The van der Waals surface area contributed by atoms with Crippen molar-refractivity contribution in [1.29, 1.82) is 0 Å². The fraction of sp³-hybridized carbons (Fsp3) is 0.429. The molecule has 1 N–H and O–H groups in total. The summed E-state index contributed by atoms with van der Waals surface area (Å²) in [6.45, 7) is 5.30. The number of rotatable bonds is 12. The number of hydrogen-bond donors (Lipinski definition) is 1. The summed E-state index contributed by atoms with van der Waals surface area (Å²) in [4.78, 5) is 27.7. The van der Waals surface area contributed by atoms with E-state index >= 15 is 0 Å². The lowest BCUT2D eigenvalue weighted by molar-refractivity contribution is -0.139. The third-order valence-corrected chi connectivity index (χ3v) is 6.12. The van der Waals surface area contributed by atoms with Crippen molar-refractivity contribution >= 4 is 17.4 Å². The van der Waals surface area contributed by atoms with Gasteiger partial charge in [-0.15, -0.1) is 0 Å². The molecule has 6 heteroatoms. The fourth-order valence-corrected chi connectivity index (χ4v) is 4.27. The lowest BCUT2D eigenvalue weighted by Crippen LogP contribution is -2.30. The standard InChI is InChI=1S/C28H35NO5/c1-4-6-10-18-29-25(22-12-8-9-13-23(22)33-3)24(27(31)28(29)32)26(30)20-14-16-21(17-15-20)34-19-11-7-5-2/h8-9,12-17,25,30H,4-7,10-11,18-19H2,1-3H3/b26-24-. The maximum atomic E-state index is 13.1. The number of likely N-dealkylation sites (tertiary alicyclic amines) is 1. The Morgan fingerprint density at radius 2 is 1.62 bits per heavy atom. The molecule has 0 saturated carbocycles. The van der Waals surface area contributed by atoms with Gasteiger partial charge < -0.3 is 19.5 Å². The molecule has 0 aliphatic carbocycles. The van der Waals surface area contributed by atoms with Crippen LogP contribution in [-0.2, 0) is 9.59 Å². The molecule has 1 fully saturated rings. The van der Waals surface area contributed by atoms with Crippen LogP contribution in [0.2, 0.25) is 0 Å². The molecule has 0 bridgehead atoms. The molecule has 0 radical (unpaired) electrons. The summed E-state index contributed by atoms with van der Waals surface area (Å²) in [5.41, 5.74) is 1.23. The number of Topliss-reactive ketones (excluding diaryl/α,β-unsaturated/α-hetero) is 1. The molecule has 2 aromatic rings. The van der Waals surface area contributed by atoms with Crippen molar-refractivity contribution in [3.63, 3.8) is 0 Å². The minimum absolute atomic E-state index is 0.0858. The number of benzene rings is 2. The summed E-state index contributed by atoms with van der Waals surface area (Å²) in [6, 6.07) is 13.6. The molecule has 1 atom stereocenters. The van der Waals surface area contributed by atoms with Crippen LogP contribution in [-0.4, -0.2) is 42.0 Å². The van der Waals surface area contributed by atoms with Gasteiger partial charge in [0.1, 0.15) is 17.3 Å². The van der Waals surface area contributed by atoms with E-state index in [1.165, 1.54) is 0 Å². The van der Waals surface area contributed by atoms with Gasteiger partial charge in [-0.25, -0.2) is 0 Å². The zero-order chi connectivity index (χ0) is 24.5. The van der Waals surface area contributed by atoms with Crippen molar-refractivity contribution in [2.45, 2.75) is 58.4 Å². The molecule has 1 amide bonds. The van der Waals surface area contributed by atoms with Gasteiger partial charge in [0.2, 0.25) is 0 Å². The molecule has 182 valence electrons. The van der Waals surface area contributed by atoms with Gasteiger partial charge in [0.15, 0.2) is 0 Å². The van der Waals surface area contributed by atoms with E-state index in [1.54, 1.807) is 42.3 Å². The first-order chi connectivity index (χ1) is 16.5. The number of amides is 1. The van der Waals surface area contributed by atoms with Gasteiger partial charge in [0, 0.05) is 17.7 Å². The lowest BCUT2D eigenvalue weighted by atomic mass is 9.94. The average Bonchev–Trinajstić information content (AvgIpc) is 3.11. The Morgan fingerprint density at radius 3 is 2.29 bits per heavy atom.